The van der Waals surface area contributed by atoms with Crippen LogP contribution in [0.5, 0.6) is 17.5 Å². The van der Waals surface area contributed by atoms with E-state index in [9.17, 15) is 0 Å². The zero-order valence-electron chi connectivity index (χ0n) is 21.6. The number of methoxy groups -OCH3 is 2. The van der Waals surface area contributed by atoms with Gasteiger partial charge in [-0.25, -0.2) is 9.50 Å². The number of anilines is 1. The zero-order chi connectivity index (χ0) is 25.3. The van der Waals surface area contributed by atoms with Crippen LogP contribution in [0.2, 0.25) is 0 Å². The molecule has 0 spiro atoms. The Morgan fingerprint density at radius 1 is 0.833 bits per heavy atom. The molecule has 0 saturated carbocycles. The summed E-state index contributed by atoms with van der Waals surface area (Å²) < 4.78 is 18.7. The fourth-order valence-corrected chi connectivity index (χ4v) is 4.22. The van der Waals surface area contributed by atoms with Crippen LogP contribution in [0.25, 0.3) is 5.65 Å². The molecule has 0 atom stereocenters. The van der Waals surface area contributed by atoms with Crippen LogP contribution in [0.15, 0.2) is 60.9 Å². The minimum atomic E-state index is 0.0884. The molecule has 0 fully saturated rings. The quantitative estimate of drug-likeness (QED) is 0.239. The lowest BCUT2D eigenvalue weighted by atomic mass is 10.1. The minimum Gasteiger partial charge on any atom is -0.497 e. The summed E-state index contributed by atoms with van der Waals surface area (Å²) in [6.07, 6.45) is 7.70. The number of nitrogens with zero attached hydrogens (tertiary/aromatic N) is 5. The Balaban J connectivity index is 1.71. The van der Waals surface area contributed by atoms with Gasteiger partial charge in [-0.2, -0.15) is 4.98 Å². The molecule has 4 rings (SSSR count). The molecule has 0 aliphatic heterocycles. The maximum Gasteiger partial charge on any atom is 0.336 e. The van der Waals surface area contributed by atoms with Gasteiger partial charge in [0.15, 0.2) is 11.5 Å². The lowest BCUT2D eigenvalue weighted by Gasteiger charge is -2.25. The molecule has 0 aliphatic carbocycles. The second kappa shape index (κ2) is 12.2. The van der Waals surface area contributed by atoms with Gasteiger partial charge < -0.3 is 19.1 Å². The van der Waals surface area contributed by atoms with Crippen molar-refractivity contribution < 1.29 is 14.2 Å². The summed E-state index contributed by atoms with van der Waals surface area (Å²) in [5.74, 6) is 2.38. The minimum absolute atomic E-state index is 0.0884. The van der Waals surface area contributed by atoms with Crippen molar-refractivity contribution >= 4 is 11.5 Å². The van der Waals surface area contributed by atoms with Crippen molar-refractivity contribution in [1.82, 2.24) is 19.6 Å². The molecule has 8 heteroatoms. The van der Waals surface area contributed by atoms with E-state index in [4.69, 9.17) is 19.2 Å². The molecule has 190 valence electrons. The van der Waals surface area contributed by atoms with Crippen LogP contribution in [0.4, 0.5) is 5.82 Å². The summed E-state index contributed by atoms with van der Waals surface area (Å²) in [5.41, 5.74) is 2.95. The summed E-state index contributed by atoms with van der Waals surface area (Å²) in [6.45, 7) is 5.59. The van der Waals surface area contributed by atoms with Gasteiger partial charge in [0.2, 0.25) is 0 Å². The average Bonchev–Trinajstić information content (AvgIpc) is 3.38. The number of hydrogen-bond acceptors (Lipinski definition) is 7. The molecule has 8 nitrogen and oxygen atoms in total. The van der Waals surface area contributed by atoms with Gasteiger partial charge in [0.25, 0.3) is 0 Å². The topological polar surface area (TPSA) is 74.0 Å². The number of hydrogen-bond donors (Lipinski definition) is 0. The lowest BCUT2D eigenvalue weighted by molar-refractivity contribution is 0.161. The first kappa shape index (κ1) is 25.3. The molecule has 0 bridgehead atoms. The average molecular weight is 490 g/mol. The molecular formula is C28H35N5O3. The van der Waals surface area contributed by atoms with Crippen LogP contribution in [0.1, 0.15) is 50.7 Å². The van der Waals surface area contributed by atoms with Gasteiger partial charge in [0, 0.05) is 25.5 Å². The summed E-state index contributed by atoms with van der Waals surface area (Å²) >= 11 is 0. The Morgan fingerprint density at radius 2 is 1.39 bits per heavy atom. The van der Waals surface area contributed by atoms with Crippen molar-refractivity contribution in [3.8, 4) is 17.5 Å². The van der Waals surface area contributed by atoms with Crippen LogP contribution < -0.4 is 19.1 Å². The van der Waals surface area contributed by atoms with Gasteiger partial charge in [-0.3, -0.25) is 0 Å². The van der Waals surface area contributed by atoms with Gasteiger partial charge in [-0.05, 0) is 48.2 Å². The van der Waals surface area contributed by atoms with E-state index in [0.717, 1.165) is 54.1 Å². The van der Waals surface area contributed by atoms with Gasteiger partial charge in [0.1, 0.15) is 17.6 Å². The second-order valence-electron chi connectivity index (χ2n) is 8.78. The highest BCUT2D eigenvalue weighted by molar-refractivity contribution is 5.64. The maximum absolute atomic E-state index is 6.29. The van der Waals surface area contributed by atoms with Gasteiger partial charge in [-0.1, -0.05) is 51.0 Å². The van der Waals surface area contributed by atoms with E-state index in [0.29, 0.717) is 24.7 Å². The standard InChI is InChI=1S/C28H35N5O3/c1-5-7-25(8-6-2)36-28-30-27(26-29-17-18-33(26)31-28)32(19-21-9-13-23(34-3)14-10-21)20-22-11-15-24(35-4)16-12-22/h9-18,25H,5-8,19-20H2,1-4H3. The van der Waals surface area contributed by atoms with Crippen LogP contribution in [0, 0.1) is 0 Å². The zero-order valence-corrected chi connectivity index (χ0v) is 21.6. The van der Waals surface area contributed by atoms with Crippen molar-refractivity contribution in [2.45, 2.75) is 58.7 Å². The number of fused-ring (bicyclic) bond motifs is 1. The maximum atomic E-state index is 6.29. The van der Waals surface area contributed by atoms with E-state index in [1.165, 1.54) is 0 Å². The molecule has 36 heavy (non-hydrogen) atoms. The Labute approximate surface area is 212 Å². The van der Waals surface area contributed by atoms with Crippen molar-refractivity contribution in [2.24, 2.45) is 0 Å². The molecule has 0 unspecified atom stereocenters. The molecule has 4 aromatic rings. The molecular weight excluding hydrogens is 454 g/mol. The molecule has 0 saturated heterocycles. The Hall–Kier alpha value is -3.81. The summed E-state index contributed by atoms with van der Waals surface area (Å²) in [4.78, 5) is 11.7. The first-order valence-corrected chi connectivity index (χ1v) is 12.5. The first-order valence-electron chi connectivity index (χ1n) is 12.5. The van der Waals surface area contributed by atoms with Gasteiger partial charge >= 0.3 is 6.01 Å². The van der Waals surface area contributed by atoms with Crippen molar-refractivity contribution in [2.75, 3.05) is 19.1 Å². The highest BCUT2D eigenvalue weighted by atomic mass is 16.5. The number of aromatic nitrogens is 4. The van der Waals surface area contributed by atoms with E-state index in [1.54, 1.807) is 24.9 Å². The first-order chi connectivity index (χ1) is 17.6. The highest BCUT2D eigenvalue weighted by Gasteiger charge is 2.20. The Kier molecular flexibility index (Phi) is 8.60. The summed E-state index contributed by atoms with van der Waals surface area (Å²) in [6, 6.07) is 16.5. The predicted octanol–water partition coefficient (Wildman–Crippen LogP) is 5.70. The number of benzene rings is 2. The molecule has 0 amide bonds. The SMILES string of the molecule is CCCC(CCC)Oc1nc(N(Cc2ccc(OC)cc2)Cc2ccc(OC)cc2)c2nccn2n1. The van der Waals surface area contributed by atoms with E-state index < -0.39 is 0 Å². The van der Waals surface area contributed by atoms with Crippen LogP contribution in [0.3, 0.4) is 0 Å². The predicted molar refractivity (Wildman–Crippen MR) is 141 cm³/mol. The van der Waals surface area contributed by atoms with Crippen molar-refractivity contribution in [1.29, 1.82) is 0 Å². The van der Waals surface area contributed by atoms with E-state index in [2.05, 4.69) is 53.1 Å². The van der Waals surface area contributed by atoms with E-state index in [-0.39, 0.29) is 6.10 Å². The fourth-order valence-electron chi connectivity index (χ4n) is 4.22. The molecule has 0 aliphatic rings. The normalized spacial score (nSPS) is 11.1. The third-order valence-electron chi connectivity index (χ3n) is 6.07. The van der Waals surface area contributed by atoms with Crippen LogP contribution in [-0.4, -0.2) is 39.9 Å². The van der Waals surface area contributed by atoms with E-state index >= 15 is 0 Å². The Morgan fingerprint density at radius 3 is 1.89 bits per heavy atom. The van der Waals surface area contributed by atoms with E-state index in [1.807, 2.05) is 30.5 Å². The molecule has 2 aromatic heterocycles. The number of imidazole rings is 1. The monoisotopic (exact) mass is 489 g/mol. The number of ether oxygens (including phenoxy) is 3. The van der Waals surface area contributed by atoms with Gasteiger partial charge in [0.05, 0.1) is 14.2 Å². The molecule has 0 radical (unpaired) electrons. The Bertz CT molecular complexity index is 1170. The second-order valence-corrected chi connectivity index (χ2v) is 8.78. The van der Waals surface area contributed by atoms with Crippen LogP contribution in [-0.2, 0) is 13.1 Å². The van der Waals surface area contributed by atoms with Crippen molar-refractivity contribution in [3.63, 3.8) is 0 Å². The molecule has 2 heterocycles. The smallest absolute Gasteiger partial charge is 0.336 e. The molecule has 2 aromatic carbocycles. The van der Waals surface area contributed by atoms with Crippen LogP contribution >= 0.6 is 0 Å². The summed E-state index contributed by atoms with van der Waals surface area (Å²) in [5, 5.41) is 4.60. The third kappa shape index (κ3) is 6.24. The van der Waals surface area contributed by atoms with Gasteiger partial charge in [-0.15, -0.1) is 5.10 Å². The fraction of sp³-hybridized carbons (Fsp3) is 0.393. The third-order valence-corrected chi connectivity index (χ3v) is 6.07. The summed E-state index contributed by atoms with van der Waals surface area (Å²) in [7, 11) is 3.35. The van der Waals surface area contributed by atoms with Crippen molar-refractivity contribution in [3.05, 3.63) is 72.1 Å². The number of rotatable bonds is 13. The largest absolute Gasteiger partial charge is 0.497 e. The highest BCUT2D eigenvalue weighted by Crippen LogP contribution is 2.26. The molecule has 0 N–H and O–H groups in total. The lowest BCUT2D eigenvalue weighted by Crippen LogP contribution is -2.25.